The lowest BCUT2D eigenvalue weighted by atomic mass is 10.1. The van der Waals surface area contributed by atoms with E-state index in [-0.39, 0.29) is 10.7 Å². The van der Waals surface area contributed by atoms with Crippen molar-refractivity contribution in [2.24, 2.45) is 5.92 Å². The van der Waals surface area contributed by atoms with E-state index in [0.717, 1.165) is 9.80 Å². The third kappa shape index (κ3) is 6.20. The summed E-state index contributed by atoms with van der Waals surface area (Å²) in [5.74, 6) is 0.208. The molecule has 6 rings (SSSR count). The summed E-state index contributed by atoms with van der Waals surface area (Å²) >= 11 is 8.23. The van der Waals surface area contributed by atoms with E-state index in [1.165, 1.54) is 31.8 Å². The Hall–Kier alpha value is -3.12. The monoisotopic (exact) mass is 733 g/mol. The van der Waals surface area contributed by atoms with Gasteiger partial charge in [-0.1, -0.05) is 162 Å². The van der Waals surface area contributed by atoms with Crippen LogP contribution < -0.4 is 26.5 Å². The lowest BCUT2D eigenvalue weighted by Gasteiger charge is -2.30. The Kier molecular flexibility index (Phi) is 10.1. The Morgan fingerprint density at radius 2 is 1.02 bits per heavy atom. The second-order valence-corrected chi connectivity index (χ2v) is 18.2. The molecule has 1 aliphatic carbocycles. The molecule has 0 radical (unpaired) electrons. The zero-order valence-corrected chi connectivity index (χ0v) is 29.2. The molecule has 0 nitrogen and oxygen atoms in total. The summed E-state index contributed by atoms with van der Waals surface area (Å²) in [6, 6.07) is 54.6. The second kappa shape index (κ2) is 14.3. The van der Waals surface area contributed by atoms with E-state index in [9.17, 15) is 0 Å². The van der Waals surface area contributed by atoms with E-state index in [1.54, 1.807) is 0 Å². The van der Waals surface area contributed by atoms with Gasteiger partial charge in [-0.3, -0.25) is 0 Å². The number of benzene rings is 5. The zero-order chi connectivity index (χ0) is 30.4. The predicted octanol–water partition coefficient (Wildman–Crippen LogP) is 9.74. The number of hydrogen-bond donors (Lipinski definition) is 0. The molecular weight excluding hydrogens is 702 g/mol. The summed E-state index contributed by atoms with van der Waals surface area (Å²) < 4.78 is 1.03. The fraction of sp³-hybridized carbons (Fsp3) is 0.0500. The molecule has 0 bridgehead atoms. The molecule has 0 fully saturated rings. The molecule has 0 N–H and O–H groups in total. The highest BCUT2D eigenvalue weighted by atomic mass is 79.9. The molecule has 5 aromatic carbocycles. The Labute approximate surface area is 280 Å². The van der Waals surface area contributed by atoms with Crippen LogP contribution in [0.5, 0.6) is 0 Å². The van der Waals surface area contributed by atoms with Crippen molar-refractivity contribution in [3.05, 3.63) is 198 Å². The number of allylic oxidation sites excluding steroid dienone is 7. The number of rotatable bonds is 10. The van der Waals surface area contributed by atoms with Crippen LogP contribution in [-0.2, 0) is 0 Å². The highest BCUT2D eigenvalue weighted by molar-refractivity contribution is 9.12. The average Bonchev–Trinajstić information content (AvgIpc) is 3.57. The predicted molar refractivity (Wildman–Crippen MR) is 204 cm³/mol. The van der Waals surface area contributed by atoms with Crippen molar-refractivity contribution < 1.29 is 0 Å². The van der Waals surface area contributed by atoms with Crippen molar-refractivity contribution in [1.82, 2.24) is 0 Å². The van der Waals surface area contributed by atoms with Gasteiger partial charge in [0, 0.05) is 10.7 Å². The molecular formula is C40H33Br2P2+. The summed E-state index contributed by atoms with van der Waals surface area (Å²) in [5, 5.41) is 9.14. The number of hydrogen-bond acceptors (Lipinski definition) is 0. The molecule has 4 heteroatoms. The summed E-state index contributed by atoms with van der Waals surface area (Å²) in [5.41, 5.74) is 0. The Bertz CT molecular complexity index is 1650. The van der Waals surface area contributed by atoms with Gasteiger partial charge in [0.15, 0.2) is 0 Å². The van der Waals surface area contributed by atoms with E-state index < -0.39 is 15.2 Å². The minimum absolute atomic E-state index is 0.0697. The SMILES string of the molecule is C=C(/C(Br)=C/C(Br)C1C=CC=C1P(c1ccccc1)c1ccccc1)[P+](c1ccccc1)(c1ccccc1)c1ccccc1. The maximum Gasteiger partial charge on any atom is 0.144 e. The molecule has 0 heterocycles. The molecule has 5 aromatic rings. The third-order valence-corrected chi connectivity index (χ3v) is 16.7. The van der Waals surface area contributed by atoms with Crippen LogP contribution in [0.2, 0.25) is 0 Å². The zero-order valence-electron chi connectivity index (χ0n) is 24.3. The first-order valence-corrected chi connectivity index (χ1v) is 19.5. The van der Waals surface area contributed by atoms with Crippen molar-refractivity contribution >= 4 is 73.6 Å². The van der Waals surface area contributed by atoms with Crippen molar-refractivity contribution in [3.8, 4) is 0 Å². The molecule has 0 aliphatic heterocycles. The summed E-state index contributed by atoms with van der Waals surface area (Å²) in [7, 11) is -2.96. The largest absolute Gasteiger partial charge is 0.144 e. The molecule has 0 saturated heterocycles. The Morgan fingerprint density at radius 3 is 1.43 bits per heavy atom. The van der Waals surface area contributed by atoms with Gasteiger partial charge in [0.25, 0.3) is 0 Å². The van der Waals surface area contributed by atoms with Crippen LogP contribution in [0.4, 0.5) is 0 Å². The van der Waals surface area contributed by atoms with E-state index >= 15 is 0 Å². The van der Waals surface area contributed by atoms with Gasteiger partial charge in [-0.15, -0.1) is 0 Å². The van der Waals surface area contributed by atoms with Gasteiger partial charge in [-0.25, -0.2) is 0 Å². The van der Waals surface area contributed by atoms with Crippen molar-refractivity contribution in [1.29, 1.82) is 0 Å². The van der Waals surface area contributed by atoms with E-state index in [2.05, 4.69) is 208 Å². The summed E-state index contributed by atoms with van der Waals surface area (Å²) in [6.45, 7) is 4.87. The van der Waals surface area contributed by atoms with Crippen LogP contribution >= 0.6 is 47.0 Å². The molecule has 216 valence electrons. The minimum atomic E-state index is -2.28. The number of halogens is 2. The fourth-order valence-electron chi connectivity index (χ4n) is 5.95. The summed E-state index contributed by atoms with van der Waals surface area (Å²) in [6.07, 6.45) is 9.21. The molecule has 44 heavy (non-hydrogen) atoms. The minimum Gasteiger partial charge on any atom is -0.0835 e. The number of alkyl halides is 1. The molecule has 0 saturated carbocycles. The molecule has 0 amide bonds. The highest BCUT2D eigenvalue weighted by Crippen LogP contribution is 2.65. The first-order valence-electron chi connectivity index (χ1n) is 14.7. The van der Waals surface area contributed by atoms with E-state index in [1.807, 2.05) is 0 Å². The maximum atomic E-state index is 4.87. The molecule has 0 aromatic heterocycles. The topological polar surface area (TPSA) is 0 Å². The summed E-state index contributed by atoms with van der Waals surface area (Å²) in [4.78, 5) is 0.0697. The van der Waals surface area contributed by atoms with Crippen molar-refractivity contribution in [3.63, 3.8) is 0 Å². The van der Waals surface area contributed by atoms with Gasteiger partial charge in [-0.2, -0.15) is 0 Å². The van der Waals surface area contributed by atoms with Gasteiger partial charge >= 0.3 is 0 Å². The van der Waals surface area contributed by atoms with Gasteiger partial charge in [0.2, 0.25) is 0 Å². The second-order valence-electron chi connectivity index (χ2n) is 10.6. The molecule has 0 spiro atoms. The normalized spacial score (nSPS) is 15.7. The van der Waals surface area contributed by atoms with Crippen LogP contribution in [0.3, 0.4) is 0 Å². The van der Waals surface area contributed by atoms with E-state index in [0.29, 0.717) is 0 Å². The van der Waals surface area contributed by atoms with Gasteiger partial charge in [0.05, 0.1) is 4.48 Å². The Morgan fingerprint density at radius 1 is 0.636 bits per heavy atom. The van der Waals surface area contributed by atoms with Crippen molar-refractivity contribution in [2.75, 3.05) is 0 Å². The van der Waals surface area contributed by atoms with Gasteiger partial charge in [-0.05, 0) is 76.2 Å². The van der Waals surface area contributed by atoms with E-state index in [4.69, 9.17) is 6.58 Å². The van der Waals surface area contributed by atoms with Gasteiger partial charge < -0.3 is 0 Å². The molecule has 2 unspecified atom stereocenters. The third-order valence-electron chi connectivity index (χ3n) is 7.97. The maximum absolute atomic E-state index is 4.87. The van der Waals surface area contributed by atoms with Crippen LogP contribution in [0, 0.1) is 5.92 Å². The molecule has 2 atom stereocenters. The van der Waals surface area contributed by atoms with Gasteiger partial charge in [0.1, 0.15) is 28.5 Å². The first kappa shape index (κ1) is 30.9. The first-order chi connectivity index (χ1) is 21.6. The fourth-order valence-corrected chi connectivity index (χ4v) is 15.0. The average molecular weight is 735 g/mol. The van der Waals surface area contributed by atoms with Crippen LogP contribution in [0.1, 0.15) is 0 Å². The van der Waals surface area contributed by atoms with Crippen LogP contribution in [0.15, 0.2) is 198 Å². The van der Waals surface area contributed by atoms with Crippen LogP contribution in [-0.4, -0.2) is 4.83 Å². The highest BCUT2D eigenvalue weighted by Gasteiger charge is 2.49. The lowest BCUT2D eigenvalue weighted by molar-refractivity contribution is 0.859. The quantitative estimate of drug-likeness (QED) is 0.0762. The lowest BCUT2D eigenvalue weighted by Crippen LogP contribution is -2.32. The smallest absolute Gasteiger partial charge is 0.0835 e. The molecule has 1 aliphatic rings. The van der Waals surface area contributed by atoms with Crippen molar-refractivity contribution in [2.45, 2.75) is 4.83 Å². The van der Waals surface area contributed by atoms with Crippen LogP contribution in [0.25, 0.3) is 0 Å². The Balaban J connectivity index is 1.42. The standard InChI is InChI=1S/C40H33Br2P2/c1-31(44(34-22-11-4-12-23-34,35-24-13-5-14-25-35)36-26-15-6-16-27-36)38(41)30-39(42)37-28-17-29-40(37)43(32-18-7-2-8-19-32)33-20-9-3-10-21-33/h2-30,37,39H,1H2/q+1/b38-30-.